The average Bonchev–Trinajstić information content (AvgIpc) is 2.50. The van der Waals surface area contributed by atoms with E-state index in [2.05, 4.69) is 56.4 Å². The van der Waals surface area contributed by atoms with E-state index >= 15 is 0 Å². The van der Waals surface area contributed by atoms with Crippen molar-refractivity contribution in [2.45, 2.75) is 32.1 Å². The maximum Gasteiger partial charge on any atom is 0.230 e. The van der Waals surface area contributed by atoms with Crippen LogP contribution in [0.2, 0.25) is 0 Å². The van der Waals surface area contributed by atoms with Crippen molar-refractivity contribution < 1.29 is 4.79 Å². The number of nitrogens with one attached hydrogen (secondary N) is 1. The van der Waals surface area contributed by atoms with E-state index in [-0.39, 0.29) is 5.91 Å². The van der Waals surface area contributed by atoms with Crippen LogP contribution in [0.5, 0.6) is 0 Å². The van der Waals surface area contributed by atoms with Gasteiger partial charge in [0, 0.05) is 11.4 Å². The zero-order valence-corrected chi connectivity index (χ0v) is 14.3. The summed E-state index contributed by atoms with van der Waals surface area (Å²) in [6.07, 6.45) is 0.882. The van der Waals surface area contributed by atoms with Crippen LogP contribution in [0.15, 0.2) is 47.4 Å². The number of aryl methyl sites for hydroxylation is 3. The van der Waals surface area contributed by atoms with Crippen LogP contribution in [0, 0.1) is 20.8 Å². The summed E-state index contributed by atoms with van der Waals surface area (Å²) in [7, 11) is 0. The number of carbonyl (C=O) groups is 1. The minimum Gasteiger partial charge on any atom is -0.355 e. The van der Waals surface area contributed by atoms with Crippen molar-refractivity contribution in [3.05, 3.63) is 64.7 Å². The highest BCUT2D eigenvalue weighted by Gasteiger charge is 2.04. The summed E-state index contributed by atoms with van der Waals surface area (Å²) in [5.41, 5.74) is 5.13. The molecule has 0 spiro atoms. The maximum absolute atomic E-state index is 11.9. The predicted octanol–water partition coefficient (Wildman–Crippen LogP) is 4.06. The molecular formula is C19H23NOS. The van der Waals surface area contributed by atoms with Crippen LogP contribution in [0.1, 0.15) is 22.3 Å². The summed E-state index contributed by atoms with van der Waals surface area (Å²) in [4.78, 5) is 13.1. The van der Waals surface area contributed by atoms with Crippen LogP contribution in [-0.2, 0) is 11.2 Å². The van der Waals surface area contributed by atoms with Gasteiger partial charge in [-0.1, -0.05) is 30.3 Å². The predicted molar refractivity (Wildman–Crippen MR) is 94.5 cm³/mol. The molecule has 0 bridgehead atoms. The van der Waals surface area contributed by atoms with Crippen molar-refractivity contribution >= 4 is 17.7 Å². The van der Waals surface area contributed by atoms with Crippen molar-refractivity contribution in [3.63, 3.8) is 0 Å². The molecule has 3 heteroatoms. The summed E-state index contributed by atoms with van der Waals surface area (Å²) in [5, 5.41) is 2.99. The van der Waals surface area contributed by atoms with Gasteiger partial charge < -0.3 is 5.32 Å². The van der Waals surface area contributed by atoms with E-state index in [1.54, 1.807) is 11.8 Å². The Hall–Kier alpha value is -1.74. The van der Waals surface area contributed by atoms with Crippen molar-refractivity contribution in [3.8, 4) is 0 Å². The third kappa shape index (κ3) is 4.92. The number of benzene rings is 2. The topological polar surface area (TPSA) is 29.1 Å². The van der Waals surface area contributed by atoms with Gasteiger partial charge in [0.05, 0.1) is 5.75 Å². The number of carbonyl (C=O) groups excluding carboxylic acids is 1. The van der Waals surface area contributed by atoms with Crippen LogP contribution in [0.4, 0.5) is 0 Å². The van der Waals surface area contributed by atoms with Gasteiger partial charge in [0.15, 0.2) is 0 Å². The molecule has 0 aromatic heterocycles. The summed E-state index contributed by atoms with van der Waals surface area (Å²) in [5.74, 6) is 0.563. The molecular weight excluding hydrogens is 290 g/mol. The third-order valence-electron chi connectivity index (χ3n) is 3.83. The highest BCUT2D eigenvalue weighted by Crippen LogP contribution is 2.20. The fourth-order valence-corrected chi connectivity index (χ4v) is 3.05. The van der Waals surface area contributed by atoms with Gasteiger partial charge in [0.1, 0.15) is 0 Å². The van der Waals surface area contributed by atoms with Gasteiger partial charge in [-0.15, -0.1) is 11.8 Å². The molecule has 1 N–H and O–H groups in total. The number of rotatable bonds is 6. The highest BCUT2D eigenvalue weighted by atomic mass is 32.2. The Morgan fingerprint density at radius 2 is 1.77 bits per heavy atom. The fourth-order valence-electron chi connectivity index (χ4n) is 2.23. The smallest absolute Gasteiger partial charge is 0.230 e. The Bertz CT molecular complexity index is 652. The Balaban J connectivity index is 1.74. The number of hydrogen-bond acceptors (Lipinski definition) is 2. The number of thioether (sulfide) groups is 1. The molecule has 0 aliphatic heterocycles. The lowest BCUT2D eigenvalue weighted by Crippen LogP contribution is -2.27. The van der Waals surface area contributed by atoms with Gasteiger partial charge in [0.2, 0.25) is 5.91 Å². The lowest BCUT2D eigenvalue weighted by Gasteiger charge is -2.08. The van der Waals surface area contributed by atoms with E-state index in [9.17, 15) is 4.79 Å². The largest absolute Gasteiger partial charge is 0.355 e. The molecule has 0 atom stereocenters. The van der Waals surface area contributed by atoms with Gasteiger partial charge in [-0.2, -0.15) is 0 Å². The molecule has 2 aromatic carbocycles. The molecule has 0 heterocycles. The number of amides is 1. The van der Waals surface area contributed by atoms with Crippen LogP contribution in [0.3, 0.4) is 0 Å². The molecule has 2 aromatic rings. The van der Waals surface area contributed by atoms with E-state index in [1.165, 1.54) is 22.3 Å². The molecule has 0 unspecified atom stereocenters. The zero-order valence-electron chi connectivity index (χ0n) is 13.5. The molecule has 0 saturated heterocycles. The molecule has 0 aliphatic carbocycles. The first-order valence-corrected chi connectivity index (χ1v) is 8.56. The second kappa shape index (κ2) is 8.04. The minimum atomic E-state index is 0.0943. The molecule has 0 fully saturated rings. The van der Waals surface area contributed by atoms with Gasteiger partial charge in [-0.05, 0) is 61.6 Å². The monoisotopic (exact) mass is 313 g/mol. The van der Waals surface area contributed by atoms with Gasteiger partial charge >= 0.3 is 0 Å². The molecule has 0 aliphatic rings. The van der Waals surface area contributed by atoms with Crippen LogP contribution in [-0.4, -0.2) is 18.2 Å². The average molecular weight is 313 g/mol. The van der Waals surface area contributed by atoms with Gasteiger partial charge in [-0.3, -0.25) is 4.79 Å². The van der Waals surface area contributed by atoms with Crippen LogP contribution in [0.25, 0.3) is 0 Å². The summed E-state index contributed by atoms with van der Waals surface area (Å²) >= 11 is 1.59. The Morgan fingerprint density at radius 3 is 2.50 bits per heavy atom. The molecule has 0 radical (unpaired) electrons. The molecule has 116 valence electrons. The third-order valence-corrected chi connectivity index (χ3v) is 4.82. The van der Waals surface area contributed by atoms with E-state index < -0.39 is 0 Å². The first kappa shape index (κ1) is 16.6. The standard InChI is InChI=1S/C19H23NOS/c1-14-8-9-18(12-16(14)3)22-13-19(21)20-11-10-17-7-5-4-6-15(17)2/h4-9,12H,10-11,13H2,1-3H3,(H,20,21). The van der Waals surface area contributed by atoms with E-state index in [0.717, 1.165) is 11.3 Å². The van der Waals surface area contributed by atoms with Gasteiger partial charge in [0.25, 0.3) is 0 Å². The van der Waals surface area contributed by atoms with E-state index in [0.29, 0.717) is 12.3 Å². The fraction of sp³-hybridized carbons (Fsp3) is 0.316. The van der Waals surface area contributed by atoms with Crippen LogP contribution < -0.4 is 5.32 Å². The summed E-state index contributed by atoms with van der Waals surface area (Å²) in [6, 6.07) is 14.6. The van der Waals surface area contributed by atoms with Gasteiger partial charge in [-0.25, -0.2) is 0 Å². The SMILES string of the molecule is Cc1ccc(SCC(=O)NCCc2ccccc2C)cc1C. The molecule has 2 rings (SSSR count). The van der Waals surface area contributed by atoms with E-state index in [4.69, 9.17) is 0 Å². The normalized spacial score (nSPS) is 10.5. The second-order valence-corrected chi connectivity index (χ2v) is 6.61. The number of hydrogen-bond donors (Lipinski definition) is 1. The van der Waals surface area contributed by atoms with Crippen molar-refractivity contribution in [2.75, 3.05) is 12.3 Å². The zero-order chi connectivity index (χ0) is 15.9. The lowest BCUT2D eigenvalue weighted by atomic mass is 10.1. The van der Waals surface area contributed by atoms with Crippen molar-refractivity contribution in [2.24, 2.45) is 0 Å². The van der Waals surface area contributed by atoms with Crippen molar-refractivity contribution in [1.82, 2.24) is 5.32 Å². The molecule has 2 nitrogen and oxygen atoms in total. The second-order valence-electron chi connectivity index (χ2n) is 5.56. The molecule has 0 saturated carbocycles. The maximum atomic E-state index is 11.9. The lowest BCUT2D eigenvalue weighted by molar-refractivity contribution is -0.118. The summed E-state index contributed by atoms with van der Waals surface area (Å²) < 4.78 is 0. The quantitative estimate of drug-likeness (QED) is 0.815. The molecule has 1 amide bonds. The minimum absolute atomic E-state index is 0.0943. The first-order chi connectivity index (χ1) is 10.6. The molecule has 22 heavy (non-hydrogen) atoms. The Morgan fingerprint density at radius 1 is 1.00 bits per heavy atom. The van der Waals surface area contributed by atoms with E-state index in [1.807, 2.05) is 12.1 Å². The van der Waals surface area contributed by atoms with Crippen molar-refractivity contribution in [1.29, 1.82) is 0 Å². The Labute approximate surface area is 137 Å². The van der Waals surface area contributed by atoms with Crippen LogP contribution >= 0.6 is 11.8 Å². The highest BCUT2D eigenvalue weighted by molar-refractivity contribution is 8.00. The summed E-state index contributed by atoms with van der Waals surface area (Å²) in [6.45, 7) is 6.99. The first-order valence-electron chi connectivity index (χ1n) is 7.57. The Kier molecular flexibility index (Phi) is 6.08.